The lowest BCUT2D eigenvalue weighted by molar-refractivity contribution is 0.163. The second-order valence-corrected chi connectivity index (χ2v) is 6.40. The number of benzene rings is 1. The smallest absolute Gasteiger partial charge is 0.0790 e. The van der Waals surface area contributed by atoms with Crippen molar-refractivity contribution in [1.29, 1.82) is 0 Å². The van der Waals surface area contributed by atoms with Gasteiger partial charge in [-0.05, 0) is 36.6 Å². The molecule has 0 bridgehead atoms. The Bertz CT molecular complexity index is 342. The molecule has 0 radical (unpaired) electrons. The van der Waals surface area contributed by atoms with Crippen molar-refractivity contribution in [3.63, 3.8) is 0 Å². The van der Waals surface area contributed by atoms with E-state index in [1.807, 2.05) is 6.07 Å². The van der Waals surface area contributed by atoms with Crippen LogP contribution in [-0.4, -0.2) is 5.11 Å². The first-order valence-corrected chi connectivity index (χ1v) is 8.38. The second kappa shape index (κ2) is 9.55. The summed E-state index contributed by atoms with van der Waals surface area (Å²) < 4.78 is 1.06. The van der Waals surface area contributed by atoms with E-state index in [1.54, 1.807) is 0 Å². The summed E-state index contributed by atoms with van der Waals surface area (Å²) in [7, 11) is 0. The molecule has 0 aliphatic heterocycles. The third-order valence-corrected chi connectivity index (χ3v) is 3.99. The standard InChI is InChI=1S/C17H27BrO/c1-3-4-5-6-7-8-9-10-17(19)15-11-14(2)12-16(18)13-15/h11-13,17,19H,3-10H2,1-2H3. The van der Waals surface area contributed by atoms with Gasteiger partial charge in [0.15, 0.2) is 0 Å². The molecule has 0 spiro atoms. The van der Waals surface area contributed by atoms with Gasteiger partial charge in [0.1, 0.15) is 0 Å². The van der Waals surface area contributed by atoms with E-state index in [2.05, 4.69) is 41.9 Å². The van der Waals surface area contributed by atoms with Gasteiger partial charge in [0.25, 0.3) is 0 Å². The van der Waals surface area contributed by atoms with Crippen LogP contribution in [-0.2, 0) is 0 Å². The number of halogens is 1. The van der Waals surface area contributed by atoms with Crippen LogP contribution >= 0.6 is 15.9 Å². The van der Waals surface area contributed by atoms with E-state index in [-0.39, 0.29) is 6.10 Å². The summed E-state index contributed by atoms with van der Waals surface area (Å²) in [4.78, 5) is 0. The molecule has 19 heavy (non-hydrogen) atoms. The van der Waals surface area contributed by atoms with Gasteiger partial charge in [-0.15, -0.1) is 0 Å². The summed E-state index contributed by atoms with van der Waals surface area (Å²) in [6.07, 6.45) is 9.62. The van der Waals surface area contributed by atoms with E-state index < -0.39 is 0 Å². The summed E-state index contributed by atoms with van der Waals surface area (Å²) in [5.41, 5.74) is 2.24. The Kier molecular flexibility index (Phi) is 8.40. The molecule has 1 nitrogen and oxygen atoms in total. The summed E-state index contributed by atoms with van der Waals surface area (Å²) in [6, 6.07) is 6.18. The average Bonchev–Trinajstić information content (AvgIpc) is 2.36. The second-order valence-electron chi connectivity index (χ2n) is 5.49. The van der Waals surface area contributed by atoms with Gasteiger partial charge in [-0.25, -0.2) is 0 Å². The van der Waals surface area contributed by atoms with Gasteiger partial charge >= 0.3 is 0 Å². The third kappa shape index (κ3) is 7.12. The molecule has 1 N–H and O–H groups in total. The fraction of sp³-hybridized carbons (Fsp3) is 0.647. The first kappa shape index (κ1) is 16.7. The zero-order valence-electron chi connectivity index (χ0n) is 12.3. The molecule has 1 aromatic carbocycles. The molecule has 0 aromatic heterocycles. The maximum atomic E-state index is 10.2. The molecule has 1 atom stereocenters. The molecule has 0 saturated heterocycles. The minimum atomic E-state index is -0.313. The molecular formula is C17H27BrO. The van der Waals surface area contributed by atoms with Gasteiger partial charge in [0.05, 0.1) is 6.10 Å². The minimum absolute atomic E-state index is 0.313. The van der Waals surface area contributed by atoms with Gasteiger partial charge in [0.2, 0.25) is 0 Å². The van der Waals surface area contributed by atoms with Crippen LogP contribution in [0.1, 0.15) is 75.5 Å². The van der Waals surface area contributed by atoms with Crippen LogP contribution in [0.15, 0.2) is 22.7 Å². The average molecular weight is 327 g/mol. The fourth-order valence-electron chi connectivity index (χ4n) is 2.42. The SMILES string of the molecule is CCCCCCCCCC(O)c1cc(C)cc(Br)c1. The monoisotopic (exact) mass is 326 g/mol. The maximum Gasteiger partial charge on any atom is 0.0790 e. The highest BCUT2D eigenvalue weighted by molar-refractivity contribution is 9.10. The lowest BCUT2D eigenvalue weighted by Gasteiger charge is -2.12. The van der Waals surface area contributed by atoms with Crippen LogP contribution in [0.5, 0.6) is 0 Å². The van der Waals surface area contributed by atoms with Gasteiger partial charge in [0, 0.05) is 4.47 Å². The summed E-state index contributed by atoms with van der Waals surface area (Å²) >= 11 is 3.49. The molecule has 0 aliphatic carbocycles. The van der Waals surface area contributed by atoms with E-state index in [0.717, 1.165) is 22.9 Å². The van der Waals surface area contributed by atoms with Crippen molar-refractivity contribution >= 4 is 15.9 Å². The predicted octanol–water partition coefficient (Wildman–Crippen LogP) is 5.93. The highest BCUT2D eigenvalue weighted by atomic mass is 79.9. The van der Waals surface area contributed by atoms with E-state index in [4.69, 9.17) is 0 Å². The van der Waals surface area contributed by atoms with Crippen molar-refractivity contribution in [2.24, 2.45) is 0 Å². The molecule has 0 saturated carbocycles. The molecule has 0 heterocycles. The Morgan fingerprint density at radius 2 is 1.63 bits per heavy atom. The minimum Gasteiger partial charge on any atom is -0.388 e. The van der Waals surface area contributed by atoms with Gasteiger partial charge in [-0.2, -0.15) is 0 Å². The predicted molar refractivity (Wildman–Crippen MR) is 86.4 cm³/mol. The van der Waals surface area contributed by atoms with Crippen LogP contribution in [0.2, 0.25) is 0 Å². The third-order valence-electron chi connectivity index (χ3n) is 3.53. The van der Waals surface area contributed by atoms with Crippen LogP contribution in [0.25, 0.3) is 0 Å². The Labute approximate surface area is 126 Å². The first-order chi connectivity index (χ1) is 9.13. The molecule has 1 rings (SSSR count). The van der Waals surface area contributed by atoms with E-state index in [0.29, 0.717) is 0 Å². The normalized spacial score (nSPS) is 12.6. The maximum absolute atomic E-state index is 10.2. The molecule has 0 aliphatic rings. The van der Waals surface area contributed by atoms with Crippen molar-refractivity contribution < 1.29 is 5.11 Å². The van der Waals surface area contributed by atoms with Crippen molar-refractivity contribution in [3.05, 3.63) is 33.8 Å². The van der Waals surface area contributed by atoms with E-state index in [1.165, 1.54) is 44.1 Å². The lowest BCUT2D eigenvalue weighted by atomic mass is 10.0. The van der Waals surface area contributed by atoms with Crippen molar-refractivity contribution in [3.8, 4) is 0 Å². The molecule has 0 fully saturated rings. The van der Waals surface area contributed by atoms with Crippen molar-refractivity contribution in [2.75, 3.05) is 0 Å². The summed E-state index contributed by atoms with van der Waals surface area (Å²) in [5.74, 6) is 0. The fourth-order valence-corrected chi connectivity index (χ4v) is 3.04. The zero-order chi connectivity index (χ0) is 14.1. The molecule has 2 heteroatoms. The Balaban J connectivity index is 2.22. The van der Waals surface area contributed by atoms with Crippen molar-refractivity contribution in [1.82, 2.24) is 0 Å². The van der Waals surface area contributed by atoms with Crippen LogP contribution in [0, 0.1) is 6.92 Å². The Morgan fingerprint density at radius 3 is 2.26 bits per heavy atom. The number of aryl methyl sites for hydroxylation is 1. The molecule has 1 unspecified atom stereocenters. The quantitative estimate of drug-likeness (QED) is 0.557. The number of aliphatic hydroxyl groups excluding tert-OH is 1. The number of rotatable bonds is 9. The first-order valence-electron chi connectivity index (χ1n) is 7.58. The number of aliphatic hydroxyl groups is 1. The topological polar surface area (TPSA) is 20.2 Å². The zero-order valence-corrected chi connectivity index (χ0v) is 13.9. The van der Waals surface area contributed by atoms with Crippen LogP contribution < -0.4 is 0 Å². The van der Waals surface area contributed by atoms with Gasteiger partial charge in [-0.3, -0.25) is 0 Å². The summed E-state index contributed by atoms with van der Waals surface area (Å²) in [6.45, 7) is 4.31. The highest BCUT2D eigenvalue weighted by Crippen LogP contribution is 2.24. The molecule has 108 valence electrons. The largest absolute Gasteiger partial charge is 0.388 e. The van der Waals surface area contributed by atoms with Gasteiger partial charge < -0.3 is 5.11 Å². The molecule has 0 amide bonds. The van der Waals surface area contributed by atoms with E-state index >= 15 is 0 Å². The lowest BCUT2D eigenvalue weighted by Crippen LogP contribution is -1.98. The number of unbranched alkanes of at least 4 members (excludes halogenated alkanes) is 6. The van der Waals surface area contributed by atoms with Gasteiger partial charge in [-0.1, -0.05) is 73.9 Å². The van der Waals surface area contributed by atoms with Crippen LogP contribution in [0.3, 0.4) is 0 Å². The Hall–Kier alpha value is -0.340. The number of hydrogen-bond acceptors (Lipinski definition) is 1. The van der Waals surface area contributed by atoms with Crippen LogP contribution in [0.4, 0.5) is 0 Å². The number of hydrogen-bond donors (Lipinski definition) is 1. The van der Waals surface area contributed by atoms with Crippen molar-refractivity contribution in [2.45, 2.75) is 71.3 Å². The molecule has 1 aromatic rings. The van der Waals surface area contributed by atoms with E-state index in [9.17, 15) is 5.11 Å². The molecular weight excluding hydrogens is 300 g/mol. The Morgan fingerprint density at radius 1 is 1.00 bits per heavy atom. The highest BCUT2D eigenvalue weighted by Gasteiger charge is 2.08. The summed E-state index contributed by atoms with van der Waals surface area (Å²) in [5, 5.41) is 10.2.